The van der Waals surface area contributed by atoms with E-state index in [4.69, 9.17) is 0 Å². The van der Waals surface area contributed by atoms with Crippen LogP contribution >= 0.6 is 0 Å². The zero-order chi connectivity index (χ0) is 13.9. The summed E-state index contributed by atoms with van der Waals surface area (Å²) in [6.45, 7) is 4.62. The molecule has 0 saturated carbocycles. The number of pyridine rings is 1. The summed E-state index contributed by atoms with van der Waals surface area (Å²) in [6.07, 6.45) is 5.37. The van der Waals surface area contributed by atoms with Crippen LogP contribution in [-0.4, -0.2) is 32.7 Å². The summed E-state index contributed by atoms with van der Waals surface area (Å²) in [5.41, 5.74) is 0.939. The van der Waals surface area contributed by atoms with Crippen LogP contribution in [0.5, 0.6) is 0 Å². The quantitative estimate of drug-likeness (QED) is 0.906. The predicted molar refractivity (Wildman–Crippen MR) is 76.5 cm³/mol. The van der Waals surface area contributed by atoms with Crippen LogP contribution in [-0.2, 0) is 16.6 Å². The lowest BCUT2D eigenvalue weighted by atomic mass is 10.0. The molecule has 0 radical (unpaired) electrons. The maximum absolute atomic E-state index is 11.1. The van der Waals surface area contributed by atoms with Crippen LogP contribution in [0.2, 0.25) is 0 Å². The number of rotatable bonds is 4. The molecule has 2 heterocycles. The van der Waals surface area contributed by atoms with Crippen molar-refractivity contribution in [3.63, 3.8) is 0 Å². The van der Waals surface area contributed by atoms with Gasteiger partial charge in [-0.15, -0.1) is 0 Å². The third-order valence-corrected chi connectivity index (χ3v) is 4.00. The Balaban J connectivity index is 2.06. The number of hydrogen-bond acceptors (Lipinski definition) is 4. The topological polar surface area (TPSA) is 62.3 Å². The summed E-state index contributed by atoms with van der Waals surface area (Å²) >= 11 is 0. The van der Waals surface area contributed by atoms with Gasteiger partial charge in [0.2, 0.25) is 10.0 Å². The lowest BCUT2D eigenvalue weighted by Crippen LogP contribution is -2.34. The second-order valence-electron chi connectivity index (χ2n) is 5.31. The molecular weight excluding hydrogens is 262 g/mol. The van der Waals surface area contributed by atoms with Crippen molar-refractivity contribution in [2.75, 3.05) is 24.2 Å². The van der Waals surface area contributed by atoms with Gasteiger partial charge in [-0.2, -0.15) is 0 Å². The maximum atomic E-state index is 11.1. The summed E-state index contributed by atoms with van der Waals surface area (Å²) in [6, 6.07) is 3.81. The monoisotopic (exact) mass is 283 g/mol. The highest BCUT2D eigenvalue weighted by Gasteiger charge is 2.17. The normalized spacial score (nSPS) is 20.5. The molecule has 106 valence electrons. The minimum Gasteiger partial charge on any atom is -0.356 e. The highest BCUT2D eigenvalue weighted by molar-refractivity contribution is 7.88. The Labute approximate surface area is 115 Å². The van der Waals surface area contributed by atoms with Gasteiger partial charge in [-0.3, -0.25) is 0 Å². The van der Waals surface area contributed by atoms with E-state index in [-0.39, 0.29) is 0 Å². The number of nitrogens with zero attached hydrogens (tertiary/aromatic N) is 2. The molecule has 0 bridgehead atoms. The van der Waals surface area contributed by atoms with Crippen molar-refractivity contribution in [3.8, 4) is 0 Å². The highest BCUT2D eigenvalue weighted by atomic mass is 32.2. The molecule has 1 aromatic rings. The first-order valence-electron chi connectivity index (χ1n) is 6.58. The molecule has 0 aliphatic carbocycles. The van der Waals surface area contributed by atoms with Crippen molar-refractivity contribution in [3.05, 3.63) is 23.9 Å². The molecule has 6 heteroatoms. The van der Waals surface area contributed by atoms with Gasteiger partial charge < -0.3 is 4.90 Å². The molecule has 19 heavy (non-hydrogen) atoms. The standard InChI is InChI=1S/C13H21N3O2S/c1-11-4-3-7-16(10-11)13-8-12(5-6-14-13)9-15-19(2,17)18/h5-6,8,11,15H,3-4,7,9-10H2,1-2H3/t11-/m0/s1. The largest absolute Gasteiger partial charge is 0.356 e. The molecule has 1 fully saturated rings. The first kappa shape index (κ1) is 14.3. The molecule has 1 aliphatic rings. The van der Waals surface area contributed by atoms with Gasteiger partial charge in [0.25, 0.3) is 0 Å². The second-order valence-corrected chi connectivity index (χ2v) is 7.14. The van der Waals surface area contributed by atoms with Crippen molar-refractivity contribution in [2.24, 2.45) is 5.92 Å². The summed E-state index contributed by atoms with van der Waals surface area (Å²) in [5.74, 6) is 1.63. The molecule has 1 N–H and O–H groups in total. The molecule has 5 nitrogen and oxygen atoms in total. The van der Waals surface area contributed by atoms with Gasteiger partial charge in [0.15, 0.2) is 0 Å². The fraction of sp³-hybridized carbons (Fsp3) is 0.615. The maximum Gasteiger partial charge on any atom is 0.209 e. The molecule has 1 saturated heterocycles. The fourth-order valence-electron chi connectivity index (χ4n) is 2.36. The van der Waals surface area contributed by atoms with Crippen LogP contribution < -0.4 is 9.62 Å². The van der Waals surface area contributed by atoms with E-state index in [1.807, 2.05) is 12.1 Å². The first-order valence-corrected chi connectivity index (χ1v) is 8.48. The van der Waals surface area contributed by atoms with Crippen LogP contribution in [0.1, 0.15) is 25.3 Å². The van der Waals surface area contributed by atoms with E-state index < -0.39 is 10.0 Å². The van der Waals surface area contributed by atoms with Crippen LogP contribution in [0.3, 0.4) is 0 Å². The Morgan fingerprint density at radius 2 is 2.32 bits per heavy atom. The molecule has 1 aliphatic heterocycles. The molecule has 0 aromatic carbocycles. The molecule has 1 atom stereocenters. The molecule has 0 unspecified atom stereocenters. The van der Waals surface area contributed by atoms with Gasteiger partial charge in [0.1, 0.15) is 5.82 Å². The summed E-state index contributed by atoms with van der Waals surface area (Å²) in [7, 11) is -3.15. The average molecular weight is 283 g/mol. The lowest BCUT2D eigenvalue weighted by Gasteiger charge is -2.32. The van der Waals surface area contributed by atoms with Crippen LogP contribution in [0.15, 0.2) is 18.3 Å². The highest BCUT2D eigenvalue weighted by Crippen LogP contribution is 2.21. The zero-order valence-electron chi connectivity index (χ0n) is 11.5. The van der Waals surface area contributed by atoms with E-state index >= 15 is 0 Å². The minimum atomic E-state index is -3.15. The number of piperidine rings is 1. The van der Waals surface area contributed by atoms with Crippen molar-refractivity contribution >= 4 is 15.8 Å². The molecule has 0 amide bonds. The van der Waals surface area contributed by atoms with Gasteiger partial charge in [-0.05, 0) is 36.5 Å². The Morgan fingerprint density at radius 1 is 1.53 bits per heavy atom. The summed E-state index contributed by atoms with van der Waals surface area (Å²) in [5, 5.41) is 0. The molecule has 0 spiro atoms. The van der Waals surface area contributed by atoms with E-state index in [2.05, 4.69) is 21.5 Å². The van der Waals surface area contributed by atoms with Gasteiger partial charge >= 0.3 is 0 Å². The number of hydrogen-bond donors (Lipinski definition) is 1. The fourth-order valence-corrected chi connectivity index (χ4v) is 2.78. The number of sulfonamides is 1. The average Bonchev–Trinajstić information content (AvgIpc) is 2.36. The van der Waals surface area contributed by atoms with Crippen LogP contribution in [0.25, 0.3) is 0 Å². The third-order valence-electron chi connectivity index (χ3n) is 3.33. The first-order chi connectivity index (χ1) is 8.94. The Kier molecular flexibility index (Phi) is 4.42. The number of aromatic nitrogens is 1. The third kappa shape index (κ3) is 4.47. The SMILES string of the molecule is C[C@H]1CCCN(c2cc(CNS(C)(=O)=O)ccn2)C1. The van der Waals surface area contributed by atoms with Crippen LogP contribution in [0.4, 0.5) is 5.82 Å². The van der Waals surface area contributed by atoms with Crippen molar-refractivity contribution < 1.29 is 8.42 Å². The zero-order valence-corrected chi connectivity index (χ0v) is 12.3. The lowest BCUT2D eigenvalue weighted by molar-refractivity contribution is 0.444. The van der Waals surface area contributed by atoms with Crippen molar-refractivity contribution in [2.45, 2.75) is 26.3 Å². The Hall–Kier alpha value is -1.14. The molecular formula is C13H21N3O2S. The predicted octanol–water partition coefficient (Wildman–Crippen LogP) is 1.37. The van der Waals surface area contributed by atoms with Crippen molar-refractivity contribution in [1.82, 2.24) is 9.71 Å². The van der Waals surface area contributed by atoms with E-state index in [0.29, 0.717) is 12.5 Å². The van der Waals surface area contributed by atoms with E-state index in [1.165, 1.54) is 19.1 Å². The Morgan fingerprint density at radius 3 is 3.00 bits per heavy atom. The van der Waals surface area contributed by atoms with Gasteiger partial charge in [0.05, 0.1) is 6.26 Å². The molecule has 2 rings (SSSR count). The van der Waals surface area contributed by atoms with Gasteiger partial charge in [-0.1, -0.05) is 6.92 Å². The van der Waals surface area contributed by atoms with Gasteiger partial charge in [0, 0.05) is 25.8 Å². The summed E-state index contributed by atoms with van der Waals surface area (Å²) < 4.78 is 24.7. The van der Waals surface area contributed by atoms with E-state index in [1.54, 1.807) is 6.20 Å². The Bertz CT molecular complexity index is 530. The van der Waals surface area contributed by atoms with E-state index in [9.17, 15) is 8.42 Å². The minimum absolute atomic E-state index is 0.317. The van der Waals surface area contributed by atoms with E-state index in [0.717, 1.165) is 24.5 Å². The van der Waals surface area contributed by atoms with Crippen molar-refractivity contribution in [1.29, 1.82) is 0 Å². The summed E-state index contributed by atoms with van der Waals surface area (Å²) in [4.78, 5) is 6.67. The van der Waals surface area contributed by atoms with Crippen LogP contribution in [0, 0.1) is 5.92 Å². The number of nitrogens with one attached hydrogen (secondary N) is 1. The second kappa shape index (κ2) is 5.88. The molecule has 1 aromatic heterocycles. The number of anilines is 1. The van der Waals surface area contributed by atoms with Gasteiger partial charge in [-0.25, -0.2) is 18.1 Å². The smallest absolute Gasteiger partial charge is 0.209 e.